The standard InChI is InChI=1S/C33H33N3OS/c1-4-38-29-16-10-26(11-17-29)22-32(37)34-28-14-12-27(13-15-28)33-35-30-18-7-24(3)21-31(30)36(33)20-19-25-8-5-23(2)6-9-25/h5-18,21H,4,19-20,22H2,1-3H3,(H,34,37). The van der Waals surface area contributed by atoms with Gasteiger partial charge in [0, 0.05) is 22.7 Å². The number of hydrogen-bond acceptors (Lipinski definition) is 3. The van der Waals surface area contributed by atoms with Gasteiger partial charge in [-0.15, -0.1) is 11.8 Å². The van der Waals surface area contributed by atoms with Crippen molar-refractivity contribution in [2.24, 2.45) is 0 Å². The van der Waals surface area contributed by atoms with Gasteiger partial charge < -0.3 is 9.88 Å². The molecular weight excluding hydrogens is 486 g/mol. The molecule has 0 bridgehead atoms. The van der Waals surface area contributed by atoms with Gasteiger partial charge in [0.25, 0.3) is 0 Å². The second-order valence-corrected chi connectivity index (χ2v) is 11.0. The second-order valence-electron chi connectivity index (χ2n) is 9.69. The van der Waals surface area contributed by atoms with Gasteiger partial charge in [-0.05, 0) is 91.2 Å². The first kappa shape index (κ1) is 25.8. The minimum atomic E-state index is -0.0190. The van der Waals surface area contributed by atoms with E-state index in [-0.39, 0.29) is 5.91 Å². The molecule has 0 unspecified atom stereocenters. The summed E-state index contributed by atoms with van der Waals surface area (Å²) in [6.45, 7) is 7.21. The molecule has 0 saturated carbocycles. The number of carbonyl (C=O) groups excluding carboxylic acids is 1. The molecule has 1 heterocycles. The normalized spacial score (nSPS) is 11.1. The zero-order valence-corrected chi connectivity index (χ0v) is 23.0. The Morgan fingerprint density at radius 1 is 0.842 bits per heavy atom. The Labute approximate surface area is 229 Å². The minimum Gasteiger partial charge on any atom is -0.326 e. The van der Waals surface area contributed by atoms with Crippen LogP contribution in [0.5, 0.6) is 0 Å². The minimum absolute atomic E-state index is 0.0190. The van der Waals surface area contributed by atoms with E-state index in [1.165, 1.54) is 21.6 Å². The third-order valence-electron chi connectivity index (χ3n) is 6.67. The van der Waals surface area contributed by atoms with Crippen LogP contribution in [-0.4, -0.2) is 21.2 Å². The number of nitrogens with one attached hydrogen (secondary N) is 1. The number of aromatic nitrogens is 2. The number of anilines is 1. The number of amides is 1. The van der Waals surface area contributed by atoms with E-state index in [0.717, 1.165) is 52.4 Å². The third kappa shape index (κ3) is 6.17. The molecule has 5 aromatic rings. The van der Waals surface area contributed by atoms with Crippen LogP contribution in [0.4, 0.5) is 5.69 Å². The maximum absolute atomic E-state index is 12.7. The first-order valence-electron chi connectivity index (χ1n) is 13.1. The Morgan fingerprint density at radius 3 is 2.24 bits per heavy atom. The van der Waals surface area contributed by atoms with Crippen molar-refractivity contribution in [3.8, 4) is 11.4 Å². The average Bonchev–Trinajstić information content (AvgIpc) is 3.27. The predicted octanol–water partition coefficient (Wildman–Crippen LogP) is 7.86. The predicted molar refractivity (Wildman–Crippen MR) is 160 cm³/mol. The van der Waals surface area contributed by atoms with Gasteiger partial charge in [-0.1, -0.05) is 55.0 Å². The van der Waals surface area contributed by atoms with E-state index in [2.05, 4.69) is 85.3 Å². The number of nitrogens with zero attached hydrogens (tertiary/aromatic N) is 2. The van der Waals surface area contributed by atoms with Crippen molar-refractivity contribution in [3.05, 3.63) is 113 Å². The van der Waals surface area contributed by atoms with Crippen LogP contribution in [0, 0.1) is 13.8 Å². The van der Waals surface area contributed by atoms with Crippen LogP contribution >= 0.6 is 11.8 Å². The summed E-state index contributed by atoms with van der Waals surface area (Å²) in [5, 5.41) is 3.04. The van der Waals surface area contributed by atoms with E-state index < -0.39 is 0 Å². The van der Waals surface area contributed by atoms with E-state index in [4.69, 9.17) is 4.98 Å². The highest BCUT2D eigenvalue weighted by molar-refractivity contribution is 7.99. The first-order chi connectivity index (χ1) is 18.5. The topological polar surface area (TPSA) is 46.9 Å². The van der Waals surface area contributed by atoms with Crippen molar-refractivity contribution in [1.29, 1.82) is 0 Å². The van der Waals surface area contributed by atoms with Crippen molar-refractivity contribution in [2.75, 3.05) is 11.1 Å². The van der Waals surface area contributed by atoms with Gasteiger partial charge in [0.15, 0.2) is 0 Å². The molecule has 0 spiro atoms. The Morgan fingerprint density at radius 2 is 1.53 bits per heavy atom. The molecule has 0 radical (unpaired) electrons. The number of aryl methyl sites for hydroxylation is 4. The molecule has 0 fully saturated rings. The largest absolute Gasteiger partial charge is 0.326 e. The van der Waals surface area contributed by atoms with E-state index in [1.807, 2.05) is 36.4 Å². The molecule has 4 aromatic carbocycles. The highest BCUT2D eigenvalue weighted by Gasteiger charge is 2.14. The van der Waals surface area contributed by atoms with Gasteiger partial charge in [-0.3, -0.25) is 4.79 Å². The van der Waals surface area contributed by atoms with Gasteiger partial charge in [0.05, 0.1) is 17.5 Å². The Balaban J connectivity index is 1.33. The number of carbonyl (C=O) groups is 1. The zero-order valence-electron chi connectivity index (χ0n) is 22.2. The van der Waals surface area contributed by atoms with E-state index in [1.54, 1.807) is 11.8 Å². The van der Waals surface area contributed by atoms with Crippen molar-refractivity contribution >= 4 is 34.4 Å². The number of hydrogen-bond donors (Lipinski definition) is 1. The summed E-state index contributed by atoms with van der Waals surface area (Å²) in [6.07, 6.45) is 1.28. The highest BCUT2D eigenvalue weighted by atomic mass is 32.2. The lowest BCUT2D eigenvalue weighted by Crippen LogP contribution is -2.14. The molecular formula is C33H33N3OS. The summed E-state index contributed by atoms with van der Waals surface area (Å²) in [5.74, 6) is 1.97. The molecule has 1 aromatic heterocycles. The summed E-state index contributed by atoms with van der Waals surface area (Å²) in [6, 6.07) is 31.4. The van der Waals surface area contributed by atoms with Crippen molar-refractivity contribution < 1.29 is 4.79 Å². The van der Waals surface area contributed by atoms with Crippen LogP contribution < -0.4 is 5.32 Å². The highest BCUT2D eigenvalue weighted by Crippen LogP contribution is 2.27. The molecule has 38 heavy (non-hydrogen) atoms. The molecule has 192 valence electrons. The van der Waals surface area contributed by atoms with E-state index in [0.29, 0.717) is 6.42 Å². The zero-order chi connectivity index (χ0) is 26.5. The fourth-order valence-corrected chi connectivity index (χ4v) is 5.30. The fraction of sp³-hybridized carbons (Fsp3) is 0.212. The number of rotatable bonds is 9. The lowest BCUT2D eigenvalue weighted by atomic mass is 10.1. The SMILES string of the molecule is CCSc1ccc(CC(=O)Nc2ccc(-c3nc4ccc(C)cc4n3CCc3ccc(C)cc3)cc2)cc1. The van der Waals surface area contributed by atoms with Crippen LogP contribution in [0.3, 0.4) is 0 Å². The number of thioether (sulfide) groups is 1. The lowest BCUT2D eigenvalue weighted by Gasteiger charge is -2.11. The summed E-state index contributed by atoms with van der Waals surface area (Å²) >= 11 is 1.80. The van der Waals surface area contributed by atoms with Gasteiger partial charge in [-0.25, -0.2) is 4.98 Å². The molecule has 4 nitrogen and oxygen atoms in total. The summed E-state index contributed by atoms with van der Waals surface area (Å²) < 4.78 is 2.32. The van der Waals surface area contributed by atoms with Crippen LogP contribution in [-0.2, 0) is 24.2 Å². The van der Waals surface area contributed by atoms with Gasteiger partial charge >= 0.3 is 0 Å². The maximum Gasteiger partial charge on any atom is 0.228 e. The molecule has 5 rings (SSSR count). The average molecular weight is 520 g/mol. The van der Waals surface area contributed by atoms with E-state index in [9.17, 15) is 4.79 Å². The Hall–Kier alpha value is -3.83. The van der Waals surface area contributed by atoms with Crippen molar-refractivity contribution in [3.63, 3.8) is 0 Å². The molecule has 0 atom stereocenters. The first-order valence-corrected chi connectivity index (χ1v) is 14.1. The van der Waals surface area contributed by atoms with Crippen LogP contribution in [0.1, 0.15) is 29.2 Å². The fourth-order valence-electron chi connectivity index (χ4n) is 4.64. The van der Waals surface area contributed by atoms with Gasteiger partial charge in [-0.2, -0.15) is 0 Å². The van der Waals surface area contributed by atoms with Crippen LogP contribution in [0.2, 0.25) is 0 Å². The number of imidazole rings is 1. The molecule has 1 amide bonds. The Bertz CT molecular complexity index is 1540. The summed E-state index contributed by atoms with van der Waals surface area (Å²) in [5.41, 5.74) is 8.78. The van der Waals surface area contributed by atoms with Gasteiger partial charge in [0.1, 0.15) is 5.82 Å². The molecule has 0 aliphatic rings. The quantitative estimate of drug-likeness (QED) is 0.202. The Kier molecular flexibility index (Phi) is 7.94. The smallest absolute Gasteiger partial charge is 0.228 e. The third-order valence-corrected chi connectivity index (χ3v) is 7.57. The maximum atomic E-state index is 12.7. The summed E-state index contributed by atoms with van der Waals surface area (Å²) in [7, 11) is 0. The van der Waals surface area contributed by atoms with Crippen LogP contribution in [0.25, 0.3) is 22.4 Å². The van der Waals surface area contributed by atoms with Crippen molar-refractivity contribution in [1.82, 2.24) is 9.55 Å². The molecule has 1 N–H and O–H groups in total. The van der Waals surface area contributed by atoms with Crippen LogP contribution in [0.15, 0.2) is 95.9 Å². The molecule has 5 heteroatoms. The summed E-state index contributed by atoms with van der Waals surface area (Å²) in [4.78, 5) is 18.9. The monoisotopic (exact) mass is 519 g/mol. The lowest BCUT2D eigenvalue weighted by molar-refractivity contribution is -0.115. The van der Waals surface area contributed by atoms with E-state index >= 15 is 0 Å². The second kappa shape index (κ2) is 11.7. The molecule has 0 saturated heterocycles. The molecule has 0 aliphatic heterocycles. The molecule has 0 aliphatic carbocycles. The van der Waals surface area contributed by atoms with Crippen molar-refractivity contribution in [2.45, 2.75) is 45.1 Å². The van der Waals surface area contributed by atoms with Gasteiger partial charge in [0.2, 0.25) is 5.91 Å². The number of fused-ring (bicyclic) bond motifs is 1. The number of benzene rings is 4.